The molecule has 0 aromatic heterocycles. The lowest BCUT2D eigenvalue weighted by molar-refractivity contribution is -0.132. The molecule has 0 spiro atoms. The Labute approximate surface area is 187 Å². The second kappa shape index (κ2) is 13.5. The second-order valence-corrected chi connectivity index (χ2v) is 8.59. The van der Waals surface area contributed by atoms with Crippen LogP contribution in [0.4, 0.5) is 5.69 Å². The lowest BCUT2D eigenvalue weighted by atomic mass is 10.1. The van der Waals surface area contributed by atoms with E-state index in [-0.39, 0.29) is 24.0 Å². The molecule has 1 fully saturated rings. The average Bonchev–Trinajstić information content (AvgIpc) is 3.08. The van der Waals surface area contributed by atoms with Crippen LogP contribution in [0.5, 0.6) is 0 Å². The highest BCUT2D eigenvalue weighted by Gasteiger charge is 2.39. The first-order valence-electron chi connectivity index (χ1n) is 11.3. The number of amides is 2. The molecule has 30 heavy (non-hydrogen) atoms. The van der Waals surface area contributed by atoms with Crippen LogP contribution in [0.1, 0.15) is 78.1 Å². The monoisotopic (exact) mass is 434 g/mol. The number of nitrogens with zero attached hydrogens (tertiary/aromatic N) is 2. The molecule has 0 saturated carbocycles. The van der Waals surface area contributed by atoms with Gasteiger partial charge in [0.1, 0.15) is 6.17 Å². The molecule has 1 unspecified atom stereocenters. The van der Waals surface area contributed by atoms with Crippen molar-refractivity contribution < 1.29 is 9.59 Å². The Morgan fingerprint density at radius 1 is 1.00 bits per heavy atom. The number of anilines is 1. The lowest BCUT2D eigenvalue weighted by Crippen LogP contribution is -2.55. The quantitative estimate of drug-likeness (QED) is 0.244. The molecule has 1 aliphatic rings. The van der Waals surface area contributed by atoms with Crippen molar-refractivity contribution >= 4 is 30.1 Å². The molecule has 1 heterocycles. The van der Waals surface area contributed by atoms with Crippen molar-refractivity contribution in [3.05, 3.63) is 30.3 Å². The minimum Gasteiger partial charge on any atom is -0.290 e. The summed E-state index contributed by atoms with van der Waals surface area (Å²) in [7, 11) is 0. The highest BCUT2D eigenvalue weighted by molar-refractivity contribution is 7.80. The molecule has 1 aromatic rings. The predicted octanol–water partition coefficient (Wildman–Crippen LogP) is 4.44. The van der Waals surface area contributed by atoms with Crippen molar-refractivity contribution in [1.82, 2.24) is 15.9 Å². The number of thiol groups is 1. The van der Waals surface area contributed by atoms with Crippen molar-refractivity contribution in [2.75, 3.05) is 10.8 Å². The van der Waals surface area contributed by atoms with E-state index in [1.807, 2.05) is 35.3 Å². The summed E-state index contributed by atoms with van der Waals surface area (Å²) >= 11 is 4.23. The average molecular weight is 435 g/mol. The van der Waals surface area contributed by atoms with Gasteiger partial charge in [-0.15, -0.1) is 0 Å². The van der Waals surface area contributed by atoms with Gasteiger partial charge in [0.25, 0.3) is 0 Å². The first-order chi connectivity index (χ1) is 14.5. The van der Waals surface area contributed by atoms with Gasteiger partial charge in [0.05, 0.1) is 11.7 Å². The summed E-state index contributed by atoms with van der Waals surface area (Å²) < 4.78 is 0. The van der Waals surface area contributed by atoms with E-state index in [1.165, 1.54) is 38.5 Å². The van der Waals surface area contributed by atoms with E-state index in [0.717, 1.165) is 30.7 Å². The minimum absolute atomic E-state index is 0.0157. The van der Waals surface area contributed by atoms with Crippen molar-refractivity contribution in [3.8, 4) is 0 Å². The smallest absolute Gasteiger partial charge is 0.239 e. The van der Waals surface area contributed by atoms with Gasteiger partial charge in [-0.1, -0.05) is 56.7 Å². The van der Waals surface area contributed by atoms with Crippen LogP contribution in [-0.2, 0) is 9.59 Å². The molecular formula is C23H38N4O2S. The van der Waals surface area contributed by atoms with Gasteiger partial charge in [0.2, 0.25) is 11.8 Å². The van der Waals surface area contributed by atoms with Gasteiger partial charge in [-0.05, 0) is 37.7 Å². The second-order valence-electron chi connectivity index (χ2n) is 8.14. The van der Waals surface area contributed by atoms with E-state index in [2.05, 4.69) is 30.4 Å². The number of nitrogens with one attached hydrogen (secondary N) is 2. The SMILES string of the molecule is CC(=O)N1C(NNC(=O)CCCCCCCCCCS)C[C@H](C)N1c1ccccc1. The van der Waals surface area contributed by atoms with Crippen LogP contribution in [0.3, 0.4) is 0 Å². The Morgan fingerprint density at radius 3 is 2.20 bits per heavy atom. The molecule has 168 valence electrons. The molecule has 2 N–H and O–H groups in total. The fraction of sp³-hybridized carbons (Fsp3) is 0.652. The van der Waals surface area contributed by atoms with Crippen molar-refractivity contribution in [1.29, 1.82) is 0 Å². The van der Waals surface area contributed by atoms with Crippen LogP contribution in [-0.4, -0.2) is 34.8 Å². The molecule has 2 rings (SSSR count). The Kier molecular flexibility index (Phi) is 11.1. The van der Waals surface area contributed by atoms with Crippen molar-refractivity contribution in [2.45, 2.75) is 90.3 Å². The van der Waals surface area contributed by atoms with Crippen LogP contribution < -0.4 is 15.9 Å². The van der Waals surface area contributed by atoms with Crippen molar-refractivity contribution in [2.24, 2.45) is 0 Å². The van der Waals surface area contributed by atoms with Crippen molar-refractivity contribution in [3.63, 3.8) is 0 Å². The highest BCUT2D eigenvalue weighted by atomic mass is 32.1. The van der Waals surface area contributed by atoms with Crippen LogP contribution >= 0.6 is 12.6 Å². The zero-order chi connectivity index (χ0) is 21.8. The highest BCUT2D eigenvalue weighted by Crippen LogP contribution is 2.29. The van der Waals surface area contributed by atoms with Crippen LogP contribution in [0, 0.1) is 0 Å². The molecule has 7 heteroatoms. The number of unbranched alkanes of at least 4 members (excludes halogenated alkanes) is 7. The predicted molar refractivity (Wildman–Crippen MR) is 126 cm³/mol. The number of hydrogen-bond donors (Lipinski definition) is 3. The number of hydrogen-bond acceptors (Lipinski definition) is 5. The Morgan fingerprint density at radius 2 is 1.60 bits per heavy atom. The van der Waals surface area contributed by atoms with Gasteiger partial charge >= 0.3 is 0 Å². The summed E-state index contributed by atoms with van der Waals surface area (Å²) in [6, 6.07) is 10.0. The number of rotatable bonds is 13. The molecule has 1 aromatic carbocycles. The molecule has 0 radical (unpaired) electrons. The molecule has 1 aliphatic heterocycles. The number of hydrazine groups is 2. The molecule has 0 aliphatic carbocycles. The maximum atomic E-state index is 12.3. The summed E-state index contributed by atoms with van der Waals surface area (Å²) in [4.78, 5) is 24.5. The number of carbonyl (C=O) groups is 2. The fourth-order valence-electron chi connectivity index (χ4n) is 4.02. The van der Waals surface area contributed by atoms with Crippen LogP contribution in [0.25, 0.3) is 0 Å². The van der Waals surface area contributed by atoms with E-state index < -0.39 is 0 Å². The summed E-state index contributed by atoms with van der Waals surface area (Å²) in [5, 5.41) is 3.70. The van der Waals surface area contributed by atoms with Gasteiger partial charge in [0, 0.05) is 19.8 Å². The summed E-state index contributed by atoms with van der Waals surface area (Å²) in [5.74, 6) is 0.916. The van der Waals surface area contributed by atoms with Crippen LogP contribution in [0.2, 0.25) is 0 Å². The molecule has 6 nitrogen and oxygen atoms in total. The largest absolute Gasteiger partial charge is 0.290 e. The maximum Gasteiger partial charge on any atom is 0.239 e. The topological polar surface area (TPSA) is 64.7 Å². The lowest BCUT2D eigenvalue weighted by Gasteiger charge is -2.34. The normalized spacial score (nSPS) is 18.6. The van der Waals surface area contributed by atoms with E-state index in [4.69, 9.17) is 0 Å². The maximum absolute atomic E-state index is 12.3. The van der Waals surface area contributed by atoms with Gasteiger partial charge in [0.15, 0.2) is 0 Å². The van der Waals surface area contributed by atoms with E-state index >= 15 is 0 Å². The minimum atomic E-state index is -0.251. The summed E-state index contributed by atoms with van der Waals surface area (Å²) in [5.41, 5.74) is 6.87. The summed E-state index contributed by atoms with van der Waals surface area (Å²) in [6.07, 6.45) is 10.5. The van der Waals surface area contributed by atoms with E-state index in [0.29, 0.717) is 6.42 Å². The molecule has 2 atom stereocenters. The molecular weight excluding hydrogens is 396 g/mol. The third kappa shape index (κ3) is 7.84. The number of benzene rings is 1. The molecule has 1 saturated heterocycles. The number of carbonyl (C=O) groups excluding carboxylic acids is 2. The first-order valence-corrected chi connectivity index (χ1v) is 12.0. The zero-order valence-corrected chi connectivity index (χ0v) is 19.4. The fourth-order valence-corrected chi connectivity index (χ4v) is 4.24. The van der Waals surface area contributed by atoms with E-state index in [9.17, 15) is 9.59 Å². The molecule has 0 bridgehead atoms. The van der Waals surface area contributed by atoms with Gasteiger partial charge < -0.3 is 0 Å². The van der Waals surface area contributed by atoms with Gasteiger partial charge in [-0.2, -0.15) is 12.6 Å². The zero-order valence-electron chi connectivity index (χ0n) is 18.5. The Bertz CT molecular complexity index is 643. The standard InChI is InChI=1S/C23H38N4O2S/c1-19-18-22(27(20(2)28)26(19)21-14-10-9-11-15-21)24-25-23(29)16-12-7-5-3-4-6-8-13-17-30/h9-11,14-15,19,22,24,30H,3-8,12-13,16-18H2,1-2H3,(H,25,29)/t19-,22?/m0/s1. The third-order valence-corrected chi connectivity index (χ3v) is 5.86. The number of para-hydroxylation sites is 1. The first kappa shape index (κ1) is 24.5. The third-order valence-electron chi connectivity index (χ3n) is 5.54. The Hall–Kier alpha value is -1.73. The van der Waals surface area contributed by atoms with Gasteiger partial charge in [-0.25, -0.2) is 10.4 Å². The van der Waals surface area contributed by atoms with Crippen LogP contribution in [0.15, 0.2) is 30.3 Å². The summed E-state index contributed by atoms with van der Waals surface area (Å²) in [6.45, 7) is 3.65. The van der Waals surface area contributed by atoms with E-state index in [1.54, 1.807) is 11.9 Å². The molecule has 2 amide bonds. The van der Waals surface area contributed by atoms with Gasteiger partial charge in [-0.3, -0.25) is 20.0 Å². The Balaban J connectivity index is 1.69.